The Labute approximate surface area is 181 Å². The summed E-state index contributed by atoms with van der Waals surface area (Å²) < 4.78 is 27.8. The van der Waals surface area contributed by atoms with Crippen molar-refractivity contribution in [2.45, 2.75) is 44.0 Å². The Kier molecular flexibility index (Phi) is 7.39. The van der Waals surface area contributed by atoms with Crippen LogP contribution in [0.25, 0.3) is 10.2 Å². The molecule has 0 aliphatic rings. The molecule has 1 heterocycles. The minimum Gasteiger partial charge on any atom is -0.313 e. The first-order valence-electron chi connectivity index (χ1n) is 10.0. The summed E-state index contributed by atoms with van der Waals surface area (Å²) in [7, 11) is -3.51. The number of nitrogens with zero attached hydrogens (tertiary/aromatic N) is 2. The predicted octanol–water partition coefficient (Wildman–Crippen LogP) is 4.52. The van der Waals surface area contributed by atoms with Crippen LogP contribution in [0.2, 0.25) is 0 Å². The molecule has 0 bridgehead atoms. The number of carbonyl (C=O) groups excluding carboxylic acids is 1. The van der Waals surface area contributed by atoms with Crippen LogP contribution in [-0.2, 0) is 27.6 Å². The smallest absolute Gasteiger partial charge is 0.249 e. The van der Waals surface area contributed by atoms with Gasteiger partial charge in [0.25, 0.3) is 0 Å². The molecule has 0 saturated carbocycles. The first kappa shape index (κ1) is 22.2. The standard InChI is InChI=1S/C23H26N2O3S2/c1-3-5-9-18-12-13-20-21(17-18)29-23(25(20)15-4-2)24-22(26)14-16-30(27,28)19-10-7-6-8-11-19/h4,6-8,10-13,17H,2-3,5,9,14-16H2,1H3. The van der Waals surface area contributed by atoms with Gasteiger partial charge in [-0.05, 0) is 42.7 Å². The monoisotopic (exact) mass is 442 g/mol. The number of benzene rings is 2. The van der Waals surface area contributed by atoms with E-state index in [9.17, 15) is 13.2 Å². The van der Waals surface area contributed by atoms with Gasteiger partial charge in [0, 0.05) is 13.0 Å². The number of amides is 1. The van der Waals surface area contributed by atoms with E-state index < -0.39 is 15.7 Å². The van der Waals surface area contributed by atoms with Crippen molar-refractivity contribution in [1.29, 1.82) is 0 Å². The van der Waals surface area contributed by atoms with Gasteiger partial charge in [-0.2, -0.15) is 4.99 Å². The Hall–Kier alpha value is -2.51. The van der Waals surface area contributed by atoms with Gasteiger partial charge in [0.05, 0.1) is 20.9 Å². The van der Waals surface area contributed by atoms with Crippen LogP contribution in [0.15, 0.2) is 71.1 Å². The third-order valence-electron chi connectivity index (χ3n) is 4.79. The molecule has 1 aromatic heterocycles. The summed E-state index contributed by atoms with van der Waals surface area (Å²) in [6.07, 6.45) is 4.91. The number of thiazole rings is 1. The van der Waals surface area contributed by atoms with Gasteiger partial charge in [-0.1, -0.05) is 55.0 Å². The maximum Gasteiger partial charge on any atom is 0.249 e. The number of rotatable bonds is 9. The van der Waals surface area contributed by atoms with Crippen LogP contribution in [0.1, 0.15) is 31.7 Å². The van der Waals surface area contributed by atoms with Gasteiger partial charge in [0.2, 0.25) is 5.91 Å². The Morgan fingerprint density at radius 2 is 1.97 bits per heavy atom. The number of unbranched alkanes of at least 4 members (excludes halogenated alkanes) is 1. The number of hydrogen-bond donors (Lipinski definition) is 0. The van der Waals surface area contributed by atoms with Crippen molar-refractivity contribution in [3.05, 3.63) is 71.6 Å². The van der Waals surface area contributed by atoms with E-state index in [1.807, 2.05) is 4.57 Å². The average Bonchev–Trinajstić information content (AvgIpc) is 3.08. The molecule has 0 fully saturated rings. The lowest BCUT2D eigenvalue weighted by molar-refractivity contribution is -0.117. The van der Waals surface area contributed by atoms with E-state index in [2.05, 4.69) is 36.7 Å². The number of aryl methyl sites for hydroxylation is 1. The summed E-state index contributed by atoms with van der Waals surface area (Å²) in [6.45, 7) is 6.50. The lowest BCUT2D eigenvalue weighted by Crippen LogP contribution is -2.17. The van der Waals surface area contributed by atoms with Crippen LogP contribution in [0.3, 0.4) is 0 Å². The molecule has 158 valence electrons. The summed E-state index contributed by atoms with van der Waals surface area (Å²) in [6, 6.07) is 14.5. The maximum atomic E-state index is 12.5. The molecule has 0 N–H and O–H groups in total. The fourth-order valence-corrected chi connectivity index (χ4v) is 5.55. The molecule has 0 unspecified atom stereocenters. The SMILES string of the molecule is C=CCn1c(=NC(=O)CCS(=O)(=O)c2ccccc2)sc2cc(CCCC)ccc21. The molecule has 0 atom stereocenters. The number of carbonyl (C=O) groups is 1. The van der Waals surface area contributed by atoms with E-state index in [1.54, 1.807) is 24.3 Å². The van der Waals surface area contributed by atoms with Gasteiger partial charge in [0.1, 0.15) is 0 Å². The van der Waals surface area contributed by atoms with Gasteiger partial charge in [0.15, 0.2) is 14.6 Å². The van der Waals surface area contributed by atoms with E-state index >= 15 is 0 Å². The second-order valence-corrected chi connectivity index (χ2v) is 10.2. The average molecular weight is 443 g/mol. The molecular weight excluding hydrogens is 416 g/mol. The zero-order valence-corrected chi connectivity index (χ0v) is 18.7. The molecule has 0 saturated heterocycles. The lowest BCUT2D eigenvalue weighted by Gasteiger charge is -2.03. The number of sulfone groups is 1. The highest BCUT2D eigenvalue weighted by atomic mass is 32.2. The Balaban J connectivity index is 1.85. The van der Waals surface area contributed by atoms with Gasteiger partial charge in [-0.25, -0.2) is 8.42 Å². The van der Waals surface area contributed by atoms with Crippen LogP contribution >= 0.6 is 11.3 Å². The number of allylic oxidation sites excluding steroid dienone is 1. The van der Waals surface area contributed by atoms with Gasteiger partial charge < -0.3 is 4.57 Å². The first-order chi connectivity index (χ1) is 14.4. The Bertz CT molecular complexity index is 1210. The lowest BCUT2D eigenvalue weighted by atomic mass is 10.1. The molecule has 2 aromatic carbocycles. The van der Waals surface area contributed by atoms with E-state index in [4.69, 9.17) is 0 Å². The summed E-state index contributed by atoms with van der Waals surface area (Å²) in [5.74, 6) is -0.697. The van der Waals surface area contributed by atoms with Gasteiger partial charge in [-0.15, -0.1) is 6.58 Å². The van der Waals surface area contributed by atoms with Crippen LogP contribution in [-0.4, -0.2) is 24.6 Å². The Morgan fingerprint density at radius 1 is 1.20 bits per heavy atom. The van der Waals surface area contributed by atoms with E-state index in [1.165, 1.54) is 29.0 Å². The molecule has 30 heavy (non-hydrogen) atoms. The highest BCUT2D eigenvalue weighted by Crippen LogP contribution is 2.21. The highest BCUT2D eigenvalue weighted by Gasteiger charge is 2.16. The zero-order valence-electron chi connectivity index (χ0n) is 17.1. The maximum absolute atomic E-state index is 12.5. The second-order valence-electron chi connectivity index (χ2n) is 7.08. The fraction of sp³-hybridized carbons (Fsp3) is 0.304. The van der Waals surface area contributed by atoms with Crippen molar-refractivity contribution in [2.75, 3.05) is 5.75 Å². The molecular formula is C23H26N2O3S2. The molecule has 5 nitrogen and oxygen atoms in total. The Morgan fingerprint density at radius 3 is 2.67 bits per heavy atom. The topological polar surface area (TPSA) is 68.5 Å². The number of aromatic nitrogens is 1. The normalized spacial score (nSPS) is 12.4. The summed E-state index contributed by atoms with van der Waals surface area (Å²) in [4.78, 5) is 17.5. The second kappa shape index (κ2) is 10.00. The highest BCUT2D eigenvalue weighted by molar-refractivity contribution is 7.91. The van der Waals surface area contributed by atoms with E-state index in [-0.39, 0.29) is 17.1 Å². The predicted molar refractivity (Wildman–Crippen MR) is 122 cm³/mol. The quantitative estimate of drug-likeness (QED) is 0.458. The molecule has 3 aromatic rings. The molecule has 0 radical (unpaired) electrons. The van der Waals surface area contributed by atoms with Gasteiger partial charge >= 0.3 is 0 Å². The van der Waals surface area contributed by atoms with Crippen LogP contribution in [0.4, 0.5) is 0 Å². The van der Waals surface area contributed by atoms with Crippen molar-refractivity contribution in [1.82, 2.24) is 4.57 Å². The fourth-order valence-electron chi connectivity index (χ4n) is 3.17. The van der Waals surface area contributed by atoms with E-state index in [0.717, 1.165) is 29.5 Å². The molecule has 3 rings (SSSR count). The third kappa shape index (κ3) is 5.34. The molecule has 1 amide bonds. The summed E-state index contributed by atoms with van der Waals surface area (Å²) >= 11 is 1.45. The largest absolute Gasteiger partial charge is 0.313 e. The van der Waals surface area contributed by atoms with Crippen molar-refractivity contribution >= 4 is 37.3 Å². The van der Waals surface area contributed by atoms with Crippen molar-refractivity contribution in [2.24, 2.45) is 4.99 Å². The molecule has 7 heteroatoms. The van der Waals surface area contributed by atoms with Crippen molar-refractivity contribution < 1.29 is 13.2 Å². The van der Waals surface area contributed by atoms with Gasteiger partial charge in [-0.3, -0.25) is 4.79 Å². The molecule has 0 aliphatic carbocycles. The molecule has 0 spiro atoms. The number of hydrogen-bond acceptors (Lipinski definition) is 4. The summed E-state index contributed by atoms with van der Waals surface area (Å²) in [5.41, 5.74) is 2.27. The van der Waals surface area contributed by atoms with Crippen molar-refractivity contribution in [3.8, 4) is 0 Å². The van der Waals surface area contributed by atoms with Crippen LogP contribution in [0, 0.1) is 0 Å². The molecule has 0 aliphatic heterocycles. The van der Waals surface area contributed by atoms with Crippen LogP contribution < -0.4 is 4.80 Å². The van der Waals surface area contributed by atoms with Crippen molar-refractivity contribution in [3.63, 3.8) is 0 Å². The number of fused-ring (bicyclic) bond motifs is 1. The first-order valence-corrected chi connectivity index (χ1v) is 12.5. The zero-order chi connectivity index (χ0) is 21.6. The minimum atomic E-state index is -3.51. The summed E-state index contributed by atoms with van der Waals surface area (Å²) in [5, 5.41) is 0. The minimum absolute atomic E-state index is 0.151. The van der Waals surface area contributed by atoms with E-state index in [0.29, 0.717) is 11.3 Å². The van der Waals surface area contributed by atoms with Crippen LogP contribution in [0.5, 0.6) is 0 Å². The third-order valence-corrected chi connectivity index (χ3v) is 7.56.